The van der Waals surface area contributed by atoms with Gasteiger partial charge in [0.15, 0.2) is 11.4 Å². The van der Waals surface area contributed by atoms with E-state index in [1.807, 2.05) is 54.6 Å². The summed E-state index contributed by atoms with van der Waals surface area (Å²) in [6.45, 7) is 0. The topological polar surface area (TPSA) is 57.0 Å². The summed E-state index contributed by atoms with van der Waals surface area (Å²) >= 11 is 0. The highest BCUT2D eigenvalue weighted by molar-refractivity contribution is 6.21. The quantitative estimate of drug-likeness (QED) is 0.210. The van der Waals surface area contributed by atoms with Crippen LogP contribution in [-0.2, 0) is 0 Å². The molecule has 45 heavy (non-hydrogen) atoms. The Balaban J connectivity index is 1.31. The van der Waals surface area contributed by atoms with Crippen LogP contribution in [0.2, 0.25) is 0 Å². The Morgan fingerprint density at radius 1 is 0.444 bits per heavy atom. The molecule has 4 heterocycles. The average molecular weight is 578 g/mol. The van der Waals surface area contributed by atoms with E-state index in [0.717, 1.165) is 88.3 Å². The third-order valence-corrected chi connectivity index (χ3v) is 8.83. The number of para-hydroxylation sites is 3. The van der Waals surface area contributed by atoms with Gasteiger partial charge in [0.1, 0.15) is 22.6 Å². The fraction of sp³-hybridized carbons (Fsp3) is 0. The van der Waals surface area contributed by atoms with Gasteiger partial charge in [-0.1, -0.05) is 91.0 Å². The summed E-state index contributed by atoms with van der Waals surface area (Å²) in [6.07, 6.45) is 0. The molecule has 0 atom stereocenters. The average Bonchev–Trinajstić information content (AvgIpc) is 3.78. The zero-order valence-corrected chi connectivity index (χ0v) is 23.9. The highest BCUT2D eigenvalue weighted by Gasteiger charge is 2.21. The minimum Gasteiger partial charge on any atom is -0.456 e. The molecular weight excluding hydrogens is 554 g/mol. The van der Waals surface area contributed by atoms with Crippen LogP contribution in [0, 0.1) is 0 Å². The van der Waals surface area contributed by atoms with Crippen molar-refractivity contribution in [3.8, 4) is 28.5 Å². The van der Waals surface area contributed by atoms with Gasteiger partial charge in [0, 0.05) is 49.5 Å². The normalized spacial score (nSPS) is 12.0. The second-order valence-electron chi connectivity index (χ2n) is 11.4. The number of hydrogen-bond acceptors (Lipinski definition) is 4. The van der Waals surface area contributed by atoms with E-state index in [1.54, 1.807) is 0 Å². The third kappa shape index (κ3) is 3.55. The summed E-state index contributed by atoms with van der Waals surface area (Å²) < 4.78 is 15.0. The van der Waals surface area contributed by atoms with Crippen molar-refractivity contribution >= 4 is 65.7 Å². The van der Waals surface area contributed by atoms with Crippen LogP contribution >= 0.6 is 0 Å². The molecule has 10 rings (SSSR count). The van der Waals surface area contributed by atoms with Crippen LogP contribution in [-0.4, -0.2) is 14.5 Å². The van der Waals surface area contributed by atoms with Crippen LogP contribution in [0.15, 0.2) is 148 Å². The summed E-state index contributed by atoms with van der Waals surface area (Å²) in [5.41, 5.74) is 8.25. The molecule has 0 N–H and O–H groups in total. The maximum absolute atomic E-state index is 6.59. The number of benzene rings is 6. The van der Waals surface area contributed by atoms with Gasteiger partial charge in [-0.25, -0.2) is 9.97 Å². The third-order valence-electron chi connectivity index (χ3n) is 8.83. The SMILES string of the molecule is c1ccc(-c2nc(-c3ccc4oc5ccccc5c4c3)cc(-n3c4ccccc4c4ccc5c6ccccc6oc5c43)n2)cc1. The number of hydrogen-bond donors (Lipinski definition) is 0. The first kappa shape index (κ1) is 24.3. The standard InChI is InChI=1S/C40H23N3O2/c1-2-10-24(11-3-1)40-41-32(25-18-21-36-31(22-25)28-14-6-8-16-34(28)44-36)23-37(42-40)43-33-15-7-4-12-26(33)29-19-20-30-27-13-5-9-17-35(27)45-39(30)38(29)43/h1-23H. The summed E-state index contributed by atoms with van der Waals surface area (Å²) in [5.74, 6) is 1.43. The molecule has 0 saturated carbocycles. The van der Waals surface area contributed by atoms with E-state index in [-0.39, 0.29) is 0 Å². The molecule has 0 saturated heterocycles. The molecule has 0 bridgehead atoms. The van der Waals surface area contributed by atoms with Gasteiger partial charge in [-0.05, 0) is 42.5 Å². The van der Waals surface area contributed by atoms with Gasteiger partial charge in [-0.3, -0.25) is 4.57 Å². The molecule has 0 fully saturated rings. The molecule has 0 radical (unpaired) electrons. The number of aromatic nitrogens is 3. The molecule has 5 nitrogen and oxygen atoms in total. The summed E-state index contributed by atoms with van der Waals surface area (Å²) in [4.78, 5) is 10.4. The van der Waals surface area contributed by atoms with Crippen LogP contribution in [0.4, 0.5) is 0 Å². The molecule has 0 aliphatic heterocycles. The largest absolute Gasteiger partial charge is 0.456 e. The molecule has 10 aromatic rings. The van der Waals surface area contributed by atoms with Crippen LogP contribution in [0.25, 0.3) is 94.1 Å². The highest BCUT2D eigenvalue weighted by Crippen LogP contribution is 2.41. The lowest BCUT2D eigenvalue weighted by Crippen LogP contribution is -2.02. The molecule has 0 aliphatic rings. The van der Waals surface area contributed by atoms with E-state index >= 15 is 0 Å². The zero-order valence-electron chi connectivity index (χ0n) is 23.9. The Morgan fingerprint density at radius 3 is 1.96 bits per heavy atom. The summed E-state index contributed by atoms with van der Waals surface area (Å²) in [7, 11) is 0. The number of nitrogens with zero attached hydrogens (tertiary/aromatic N) is 3. The van der Waals surface area contributed by atoms with E-state index in [2.05, 4.69) is 89.5 Å². The van der Waals surface area contributed by atoms with Crippen molar-refractivity contribution in [2.75, 3.05) is 0 Å². The van der Waals surface area contributed by atoms with Crippen LogP contribution in [0.5, 0.6) is 0 Å². The summed E-state index contributed by atoms with van der Waals surface area (Å²) in [5, 5.41) is 6.58. The molecule has 0 amide bonds. The minimum atomic E-state index is 0.656. The van der Waals surface area contributed by atoms with E-state index < -0.39 is 0 Å². The van der Waals surface area contributed by atoms with Gasteiger partial charge in [-0.15, -0.1) is 0 Å². The maximum Gasteiger partial charge on any atom is 0.162 e. The monoisotopic (exact) mass is 577 g/mol. The van der Waals surface area contributed by atoms with Crippen LogP contribution in [0.3, 0.4) is 0 Å². The number of fused-ring (bicyclic) bond motifs is 10. The van der Waals surface area contributed by atoms with Crippen molar-refractivity contribution in [3.05, 3.63) is 140 Å². The van der Waals surface area contributed by atoms with Crippen molar-refractivity contribution in [1.82, 2.24) is 14.5 Å². The summed E-state index contributed by atoms with van der Waals surface area (Å²) in [6, 6.07) is 47.8. The highest BCUT2D eigenvalue weighted by atomic mass is 16.3. The van der Waals surface area contributed by atoms with Gasteiger partial charge in [0.2, 0.25) is 0 Å². The van der Waals surface area contributed by atoms with E-state index in [4.69, 9.17) is 18.8 Å². The Kier molecular flexibility index (Phi) is 4.93. The minimum absolute atomic E-state index is 0.656. The van der Waals surface area contributed by atoms with Crippen LogP contribution < -0.4 is 0 Å². The predicted molar refractivity (Wildman–Crippen MR) is 182 cm³/mol. The fourth-order valence-corrected chi connectivity index (χ4v) is 6.77. The zero-order chi connectivity index (χ0) is 29.5. The van der Waals surface area contributed by atoms with E-state index in [0.29, 0.717) is 5.82 Å². The molecular formula is C40H23N3O2. The van der Waals surface area contributed by atoms with Gasteiger partial charge < -0.3 is 8.83 Å². The first-order chi connectivity index (χ1) is 22.3. The molecule has 6 aromatic carbocycles. The number of furan rings is 2. The second kappa shape index (κ2) is 9.15. The van der Waals surface area contributed by atoms with Crippen molar-refractivity contribution in [2.24, 2.45) is 0 Å². The van der Waals surface area contributed by atoms with Gasteiger partial charge in [-0.2, -0.15) is 0 Å². The lowest BCUT2D eigenvalue weighted by molar-refractivity contribution is 0.669. The van der Waals surface area contributed by atoms with Crippen LogP contribution in [0.1, 0.15) is 0 Å². The molecule has 0 spiro atoms. The maximum atomic E-state index is 6.59. The van der Waals surface area contributed by atoms with Crippen molar-refractivity contribution in [3.63, 3.8) is 0 Å². The Labute approximate surface area is 256 Å². The fourth-order valence-electron chi connectivity index (χ4n) is 6.77. The molecule has 5 heteroatoms. The lowest BCUT2D eigenvalue weighted by atomic mass is 10.1. The van der Waals surface area contributed by atoms with Gasteiger partial charge in [0.05, 0.1) is 16.7 Å². The number of rotatable bonds is 3. The van der Waals surface area contributed by atoms with Crippen molar-refractivity contribution < 1.29 is 8.83 Å². The van der Waals surface area contributed by atoms with E-state index in [1.165, 1.54) is 0 Å². The lowest BCUT2D eigenvalue weighted by Gasteiger charge is -2.12. The molecule has 4 aromatic heterocycles. The molecule has 0 aliphatic carbocycles. The smallest absolute Gasteiger partial charge is 0.162 e. The Morgan fingerprint density at radius 2 is 1.11 bits per heavy atom. The predicted octanol–water partition coefficient (Wildman–Crippen LogP) is 10.7. The van der Waals surface area contributed by atoms with Crippen molar-refractivity contribution in [2.45, 2.75) is 0 Å². The van der Waals surface area contributed by atoms with E-state index in [9.17, 15) is 0 Å². The first-order valence-corrected chi connectivity index (χ1v) is 15.0. The van der Waals surface area contributed by atoms with Crippen molar-refractivity contribution in [1.29, 1.82) is 0 Å². The van der Waals surface area contributed by atoms with Gasteiger partial charge >= 0.3 is 0 Å². The second-order valence-corrected chi connectivity index (χ2v) is 11.4. The Bertz CT molecular complexity index is 2770. The molecule has 210 valence electrons. The first-order valence-electron chi connectivity index (χ1n) is 15.0. The molecule has 0 unspecified atom stereocenters. The van der Waals surface area contributed by atoms with Gasteiger partial charge in [0.25, 0.3) is 0 Å². The Hall–Kier alpha value is -6.20.